The van der Waals surface area contributed by atoms with E-state index in [1.54, 1.807) is 12.1 Å². The number of piperidine rings is 1. The van der Waals surface area contributed by atoms with Crippen molar-refractivity contribution in [2.45, 2.75) is 65.1 Å². The normalized spacial score (nSPS) is 22.9. The molecule has 1 aromatic carbocycles. The molecule has 1 aliphatic heterocycles. The fourth-order valence-electron chi connectivity index (χ4n) is 4.02. The van der Waals surface area contributed by atoms with Gasteiger partial charge in [0.1, 0.15) is 5.60 Å². The highest BCUT2D eigenvalue weighted by atomic mass is 16.6. The number of carbonyl (C=O) groups is 2. The molecule has 1 aromatic rings. The average Bonchev–Trinajstić information content (AvgIpc) is 3.36. The molecule has 0 spiro atoms. The molecule has 1 N–H and O–H groups in total. The van der Waals surface area contributed by atoms with Crippen LogP contribution < -0.4 is 0 Å². The molecule has 2 aliphatic rings. The van der Waals surface area contributed by atoms with Crippen LogP contribution in [0.15, 0.2) is 24.3 Å². The SMILES string of the molecule is C[C@@H]1C[C@H]1N(CC1CCN(Cc2ccc(C(=O)O)cc2)CC1)C(=O)OC(C)(C)C. The van der Waals surface area contributed by atoms with Gasteiger partial charge in [0, 0.05) is 19.1 Å². The van der Waals surface area contributed by atoms with Crippen LogP contribution in [0.4, 0.5) is 4.79 Å². The number of carboxylic acids is 1. The molecule has 6 heteroatoms. The number of aromatic carboxylic acids is 1. The summed E-state index contributed by atoms with van der Waals surface area (Å²) in [4.78, 5) is 28.0. The van der Waals surface area contributed by atoms with Gasteiger partial charge in [-0.1, -0.05) is 19.1 Å². The van der Waals surface area contributed by atoms with E-state index in [1.807, 2.05) is 37.8 Å². The van der Waals surface area contributed by atoms with E-state index in [4.69, 9.17) is 9.84 Å². The van der Waals surface area contributed by atoms with Gasteiger partial charge in [0.15, 0.2) is 0 Å². The van der Waals surface area contributed by atoms with Gasteiger partial charge in [0.25, 0.3) is 0 Å². The van der Waals surface area contributed by atoms with Crippen LogP contribution in [-0.2, 0) is 11.3 Å². The van der Waals surface area contributed by atoms with E-state index in [-0.39, 0.29) is 6.09 Å². The summed E-state index contributed by atoms with van der Waals surface area (Å²) in [6.07, 6.45) is 3.03. The zero-order valence-corrected chi connectivity index (χ0v) is 18.1. The van der Waals surface area contributed by atoms with Crippen molar-refractivity contribution >= 4 is 12.1 Å². The number of likely N-dealkylation sites (tertiary alicyclic amines) is 1. The number of hydrogen-bond donors (Lipinski definition) is 1. The van der Waals surface area contributed by atoms with Crippen LogP contribution in [0.1, 0.15) is 62.9 Å². The van der Waals surface area contributed by atoms with E-state index in [2.05, 4.69) is 11.8 Å². The lowest BCUT2D eigenvalue weighted by Gasteiger charge is -2.35. The highest BCUT2D eigenvalue weighted by Gasteiger charge is 2.43. The number of rotatable bonds is 6. The standard InChI is InChI=1S/C23H34N2O4/c1-16-13-20(16)25(22(28)29-23(2,3)4)15-18-9-11-24(12-10-18)14-17-5-7-19(8-6-17)21(26)27/h5-8,16,18,20H,9-15H2,1-4H3,(H,26,27)/t16-,20-/m1/s1. The van der Waals surface area contributed by atoms with Crippen molar-refractivity contribution in [2.75, 3.05) is 19.6 Å². The lowest BCUT2D eigenvalue weighted by Crippen LogP contribution is -2.44. The summed E-state index contributed by atoms with van der Waals surface area (Å²) in [7, 11) is 0. The first-order chi connectivity index (χ1) is 13.6. The third-order valence-corrected chi connectivity index (χ3v) is 5.86. The minimum absolute atomic E-state index is 0.173. The first kappa shape index (κ1) is 21.6. The minimum atomic E-state index is -0.892. The lowest BCUT2D eigenvalue weighted by atomic mass is 9.95. The van der Waals surface area contributed by atoms with E-state index in [1.165, 1.54) is 0 Å². The Hall–Kier alpha value is -2.08. The van der Waals surface area contributed by atoms with Gasteiger partial charge in [-0.3, -0.25) is 4.90 Å². The molecule has 29 heavy (non-hydrogen) atoms. The van der Waals surface area contributed by atoms with Gasteiger partial charge in [0.2, 0.25) is 0 Å². The third-order valence-electron chi connectivity index (χ3n) is 5.86. The average molecular weight is 403 g/mol. The molecular formula is C23H34N2O4. The van der Waals surface area contributed by atoms with Gasteiger partial charge in [-0.25, -0.2) is 9.59 Å². The maximum absolute atomic E-state index is 12.7. The van der Waals surface area contributed by atoms with E-state index in [0.29, 0.717) is 23.4 Å². The topological polar surface area (TPSA) is 70.1 Å². The Morgan fingerprint density at radius 2 is 1.76 bits per heavy atom. The van der Waals surface area contributed by atoms with E-state index in [0.717, 1.165) is 51.0 Å². The smallest absolute Gasteiger partial charge is 0.410 e. The predicted molar refractivity (Wildman–Crippen MR) is 112 cm³/mol. The first-order valence-electron chi connectivity index (χ1n) is 10.7. The monoisotopic (exact) mass is 402 g/mol. The van der Waals surface area contributed by atoms with Crippen LogP contribution in [0.25, 0.3) is 0 Å². The second-order valence-electron chi connectivity index (χ2n) is 9.63. The van der Waals surface area contributed by atoms with Crippen molar-refractivity contribution in [3.63, 3.8) is 0 Å². The second kappa shape index (κ2) is 8.74. The largest absolute Gasteiger partial charge is 0.478 e. The maximum atomic E-state index is 12.7. The minimum Gasteiger partial charge on any atom is -0.478 e. The summed E-state index contributed by atoms with van der Waals surface area (Å²) in [5.74, 6) is 0.175. The van der Waals surface area contributed by atoms with Gasteiger partial charge < -0.3 is 14.7 Å². The van der Waals surface area contributed by atoms with E-state index in [9.17, 15) is 9.59 Å². The molecule has 2 fully saturated rings. The van der Waals surface area contributed by atoms with E-state index >= 15 is 0 Å². The Morgan fingerprint density at radius 3 is 2.24 bits per heavy atom. The molecule has 1 saturated heterocycles. The molecule has 0 bridgehead atoms. The van der Waals surface area contributed by atoms with E-state index < -0.39 is 11.6 Å². The van der Waals surface area contributed by atoms with Gasteiger partial charge in [-0.05, 0) is 82.7 Å². The second-order valence-corrected chi connectivity index (χ2v) is 9.63. The van der Waals surface area contributed by atoms with Crippen molar-refractivity contribution in [1.82, 2.24) is 9.80 Å². The Bertz CT molecular complexity index is 717. The molecule has 0 aromatic heterocycles. The Kier molecular flexibility index (Phi) is 6.52. The quantitative estimate of drug-likeness (QED) is 0.771. The van der Waals surface area contributed by atoms with Crippen LogP contribution in [0.2, 0.25) is 0 Å². The molecule has 0 radical (unpaired) electrons. The number of ether oxygens (including phenoxy) is 1. The van der Waals surface area contributed by atoms with Crippen molar-refractivity contribution in [3.8, 4) is 0 Å². The Labute approximate surface area is 173 Å². The van der Waals surface area contributed by atoms with Crippen LogP contribution in [0.3, 0.4) is 0 Å². The zero-order valence-electron chi connectivity index (χ0n) is 18.1. The number of carbonyl (C=O) groups excluding carboxylic acids is 1. The molecule has 1 saturated carbocycles. The van der Waals surface area contributed by atoms with Crippen LogP contribution >= 0.6 is 0 Å². The molecule has 2 atom stereocenters. The number of nitrogens with zero attached hydrogens (tertiary/aromatic N) is 2. The van der Waals surface area contributed by atoms with Gasteiger partial charge in [0.05, 0.1) is 5.56 Å². The molecule has 3 rings (SSSR count). The number of carboxylic acid groups (broad SMARTS) is 1. The van der Waals surface area contributed by atoms with Crippen molar-refractivity contribution < 1.29 is 19.4 Å². The summed E-state index contributed by atoms with van der Waals surface area (Å²) in [5, 5.41) is 9.01. The fourth-order valence-corrected chi connectivity index (χ4v) is 4.02. The van der Waals surface area contributed by atoms with Crippen molar-refractivity contribution in [1.29, 1.82) is 0 Å². The summed E-state index contributed by atoms with van der Waals surface area (Å²) in [6, 6.07) is 7.46. The molecule has 1 heterocycles. The molecule has 6 nitrogen and oxygen atoms in total. The molecule has 1 aliphatic carbocycles. The first-order valence-corrected chi connectivity index (χ1v) is 10.7. The maximum Gasteiger partial charge on any atom is 0.410 e. The van der Waals surface area contributed by atoms with Crippen molar-refractivity contribution in [2.24, 2.45) is 11.8 Å². The predicted octanol–water partition coefficient (Wildman–Crippen LogP) is 4.24. The summed E-state index contributed by atoms with van der Waals surface area (Å²) >= 11 is 0. The number of amides is 1. The van der Waals surface area contributed by atoms with Crippen molar-refractivity contribution in [3.05, 3.63) is 35.4 Å². The molecule has 160 valence electrons. The summed E-state index contributed by atoms with van der Waals surface area (Å²) in [5.41, 5.74) is 0.993. The Morgan fingerprint density at radius 1 is 1.17 bits per heavy atom. The van der Waals surface area contributed by atoms with Crippen LogP contribution in [0.5, 0.6) is 0 Å². The lowest BCUT2D eigenvalue weighted by molar-refractivity contribution is 0.0165. The number of benzene rings is 1. The summed E-state index contributed by atoms with van der Waals surface area (Å²) in [6.45, 7) is 11.6. The molecule has 1 amide bonds. The molecule has 0 unspecified atom stereocenters. The van der Waals surface area contributed by atoms with Gasteiger partial charge in [-0.2, -0.15) is 0 Å². The third kappa shape index (κ3) is 6.20. The molecular weight excluding hydrogens is 368 g/mol. The van der Waals surface area contributed by atoms with Gasteiger partial charge >= 0.3 is 12.1 Å². The Balaban J connectivity index is 1.50. The van der Waals surface area contributed by atoms with Gasteiger partial charge in [-0.15, -0.1) is 0 Å². The van der Waals surface area contributed by atoms with Crippen LogP contribution in [0, 0.1) is 11.8 Å². The fraction of sp³-hybridized carbons (Fsp3) is 0.652. The summed E-state index contributed by atoms with van der Waals surface area (Å²) < 4.78 is 5.65. The van der Waals surface area contributed by atoms with Crippen LogP contribution in [-0.4, -0.2) is 58.2 Å². The zero-order chi connectivity index (χ0) is 21.2. The number of hydrogen-bond acceptors (Lipinski definition) is 4. The highest BCUT2D eigenvalue weighted by molar-refractivity contribution is 5.87. The highest BCUT2D eigenvalue weighted by Crippen LogP contribution is 2.37.